The predicted octanol–water partition coefficient (Wildman–Crippen LogP) is 2.93. The van der Waals surface area contributed by atoms with E-state index >= 15 is 0 Å². The Balaban J connectivity index is 2.58. The van der Waals surface area contributed by atoms with Crippen LogP contribution in [0.3, 0.4) is 0 Å². The largest absolute Gasteiger partial charge is 0.481 e. The van der Waals surface area contributed by atoms with Crippen LogP contribution in [0.4, 0.5) is 10.5 Å². The molecule has 0 saturated carbocycles. The molecule has 0 radical (unpaired) electrons. The van der Waals surface area contributed by atoms with E-state index in [1.807, 2.05) is 0 Å². The van der Waals surface area contributed by atoms with Crippen molar-refractivity contribution in [1.29, 1.82) is 0 Å². The van der Waals surface area contributed by atoms with Crippen LogP contribution in [0, 0.1) is 10.1 Å². The van der Waals surface area contributed by atoms with Crippen molar-refractivity contribution in [1.82, 2.24) is 10.3 Å². The first kappa shape index (κ1) is 18.4. The van der Waals surface area contributed by atoms with Crippen molar-refractivity contribution >= 4 is 17.9 Å². The number of rotatable bonds is 6. The second-order valence-corrected chi connectivity index (χ2v) is 5.63. The van der Waals surface area contributed by atoms with Crippen molar-refractivity contribution in [3.8, 4) is 5.88 Å². The molecule has 0 aromatic carbocycles. The summed E-state index contributed by atoms with van der Waals surface area (Å²) in [4.78, 5) is 25.9. The molecular formula is C15H21N3O5. The number of nitrogens with zero attached hydrogens (tertiary/aromatic N) is 2. The normalized spacial score (nSPS) is 11.3. The highest BCUT2D eigenvalue weighted by Crippen LogP contribution is 2.21. The Kier molecular flexibility index (Phi) is 6.49. The van der Waals surface area contributed by atoms with Gasteiger partial charge in [-0.25, -0.2) is 9.78 Å². The zero-order valence-corrected chi connectivity index (χ0v) is 13.7. The summed E-state index contributed by atoms with van der Waals surface area (Å²) in [5.74, 6) is 0.294. The molecule has 0 unspecified atom stereocenters. The number of carbonyl (C=O) groups is 1. The number of nitro groups is 1. The number of carbonyl (C=O) groups excluding carboxylic acids is 1. The second-order valence-electron chi connectivity index (χ2n) is 5.63. The topological polar surface area (TPSA) is 104 Å². The van der Waals surface area contributed by atoms with Gasteiger partial charge in [0.2, 0.25) is 5.88 Å². The quantitative estimate of drug-likeness (QED) is 0.490. The van der Waals surface area contributed by atoms with Gasteiger partial charge in [-0.3, -0.25) is 10.1 Å². The van der Waals surface area contributed by atoms with E-state index in [4.69, 9.17) is 9.47 Å². The Morgan fingerprint density at radius 2 is 2.13 bits per heavy atom. The number of aromatic nitrogens is 1. The standard InChI is InChI=1S/C15H21N3O5/c1-15(2,3)23-14(19)16-10-6-5-7-11-12(18(20)21)8-9-13(17-11)22-4/h5,7-9H,6,10H2,1-4H3,(H,16,19). The Bertz CT molecular complexity index is 593. The van der Waals surface area contributed by atoms with Crippen LogP contribution >= 0.6 is 0 Å². The number of amides is 1. The third-order valence-corrected chi connectivity index (χ3v) is 2.54. The van der Waals surface area contributed by atoms with Gasteiger partial charge in [0.25, 0.3) is 5.69 Å². The molecule has 0 aliphatic carbocycles. The number of methoxy groups -OCH3 is 1. The second kappa shape index (κ2) is 8.11. The summed E-state index contributed by atoms with van der Waals surface area (Å²) >= 11 is 0. The molecule has 0 bridgehead atoms. The molecule has 8 heteroatoms. The van der Waals surface area contributed by atoms with Crippen LogP contribution in [0.25, 0.3) is 6.08 Å². The first-order valence-electron chi connectivity index (χ1n) is 7.06. The fourth-order valence-electron chi connectivity index (χ4n) is 1.61. The summed E-state index contributed by atoms with van der Waals surface area (Å²) in [5.41, 5.74) is -0.459. The summed E-state index contributed by atoms with van der Waals surface area (Å²) in [7, 11) is 1.44. The molecule has 1 rings (SSSR count). The fraction of sp³-hybridized carbons (Fsp3) is 0.467. The molecule has 0 atom stereocenters. The van der Waals surface area contributed by atoms with E-state index in [1.165, 1.54) is 25.3 Å². The van der Waals surface area contributed by atoms with Crippen molar-refractivity contribution in [2.24, 2.45) is 0 Å². The van der Waals surface area contributed by atoms with Crippen LogP contribution in [0.1, 0.15) is 32.9 Å². The zero-order chi connectivity index (χ0) is 17.5. The van der Waals surface area contributed by atoms with Gasteiger partial charge in [-0.2, -0.15) is 0 Å². The Morgan fingerprint density at radius 3 is 2.70 bits per heavy atom. The van der Waals surface area contributed by atoms with E-state index in [2.05, 4.69) is 10.3 Å². The Labute approximate surface area is 134 Å². The molecule has 1 N–H and O–H groups in total. The van der Waals surface area contributed by atoms with E-state index < -0.39 is 16.6 Å². The number of ether oxygens (including phenoxy) is 2. The minimum absolute atomic E-state index is 0.109. The van der Waals surface area contributed by atoms with Gasteiger partial charge >= 0.3 is 6.09 Å². The minimum atomic E-state index is -0.551. The van der Waals surface area contributed by atoms with Crippen LogP contribution < -0.4 is 10.1 Å². The molecule has 8 nitrogen and oxygen atoms in total. The van der Waals surface area contributed by atoms with E-state index in [0.717, 1.165) is 0 Å². The fourth-order valence-corrected chi connectivity index (χ4v) is 1.61. The molecule has 126 valence electrons. The first-order chi connectivity index (χ1) is 10.7. The summed E-state index contributed by atoms with van der Waals surface area (Å²) < 4.78 is 10.0. The molecule has 0 aliphatic rings. The predicted molar refractivity (Wildman–Crippen MR) is 85.3 cm³/mol. The van der Waals surface area contributed by atoms with E-state index in [0.29, 0.717) is 18.8 Å². The van der Waals surface area contributed by atoms with Crippen LogP contribution in [0.15, 0.2) is 18.2 Å². The molecule has 1 amide bonds. The molecule has 0 aliphatic heterocycles. The van der Waals surface area contributed by atoms with Crippen LogP contribution in [-0.2, 0) is 4.74 Å². The van der Waals surface area contributed by atoms with Crippen LogP contribution in [0.5, 0.6) is 5.88 Å². The van der Waals surface area contributed by atoms with Crippen molar-refractivity contribution in [2.75, 3.05) is 13.7 Å². The minimum Gasteiger partial charge on any atom is -0.481 e. The Morgan fingerprint density at radius 1 is 1.43 bits per heavy atom. The van der Waals surface area contributed by atoms with Crippen molar-refractivity contribution in [3.05, 3.63) is 34.0 Å². The van der Waals surface area contributed by atoms with Gasteiger partial charge in [0.05, 0.1) is 12.0 Å². The summed E-state index contributed by atoms with van der Waals surface area (Å²) in [5, 5.41) is 13.5. The molecule has 0 spiro atoms. The lowest BCUT2D eigenvalue weighted by Gasteiger charge is -2.19. The third-order valence-electron chi connectivity index (χ3n) is 2.54. The highest BCUT2D eigenvalue weighted by Gasteiger charge is 2.15. The van der Waals surface area contributed by atoms with Crippen molar-refractivity contribution < 1.29 is 19.2 Å². The molecule has 0 fully saturated rings. The maximum absolute atomic E-state index is 11.4. The zero-order valence-electron chi connectivity index (χ0n) is 13.7. The van der Waals surface area contributed by atoms with Gasteiger partial charge in [-0.15, -0.1) is 0 Å². The molecule has 1 aromatic heterocycles. The first-order valence-corrected chi connectivity index (χ1v) is 7.06. The van der Waals surface area contributed by atoms with Crippen LogP contribution in [0.2, 0.25) is 0 Å². The number of hydrogen-bond acceptors (Lipinski definition) is 6. The van der Waals surface area contributed by atoms with Gasteiger partial charge in [-0.05, 0) is 33.3 Å². The highest BCUT2D eigenvalue weighted by atomic mass is 16.6. The summed E-state index contributed by atoms with van der Waals surface area (Å²) in [6.07, 6.45) is 3.19. The molecular weight excluding hydrogens is 302 g/mol. The molecule has 1 aromatic rings. The monoisotopic (exact) mass is 323 g/mol. The highest BCUT2D eigenvalue weighted by molar-refractivity contribution is 5.67. The van der Waals surface area contributed by atoms with E-state index in [9.17, 15) is 14.9 Å². The third kappa shape index (κ3) is 6.77. The van der Waals surface area contributed by atoms with Crippen LogP contribution in [-0.4, -0.2) is 35.3 Å². The number of nitrogens with one attached hydrogen (secondary N) is 1. The van der Waals surface area contributed by atoms with Gasteiger partial charge in [0.15, 0.2) is 0 Å². The van der Waals surface area contributed by atoms with E-state index in [-0.39, 0.29) is 11.4 Å². The average Bonchev–Trinajstić information content (AvgIpc) is 2.44. The van der Waals surface area contributed by atoms with E-state index in [1.54, 1.807) is 26.8 Å². The van der Waals surface area contributed by atoms with Crippen molar-refractivity contribution in [2.45, 2.75) is 32.8 Å². The van der Waals surface area contributed by atoms with Gasteiger partial charge in [-0.1, -0.05) is 6.08 Å². The van der Waals surface area contributed by atoms with Gasteiger partial charge < -0.3 is 14.8 Å². The summed E-state index contributed by atoms with van der Waals surface area (Å²) in [6.45, 7) is 5.68. The molecule has 23 heavy (non-hydrogen) atoms. The van der Waals surface area contributed by atoms with Crippen molar-refractivity contribution in [3.63, 3.8) is 0 Å². The number of pyridine rings is 1. The number of hydrogen-bond donors (Lipinski definition) is 1. The SMILES string of the molecule is COc1ccc([N+](=O)[O-])c(C=CCCNC(=O)OC(C)(C)C)n1. The van der Waals surface area contributed by atoms with Gasteiger partial charge in [0, 0.05) is 18.7 Å². The maximum Gasteiger partial charge on any atom is 0.407 e. The molecule has 1 heterocycles. The van der Waals surface area contributed by atoms with Gasteiger partial charge in [0.1, 0.15) is 11.3 Å². The number of alkyl carbamates (subject to hydrolysis) is 1. The summed E-state index contributed by atoms with van der Waals surface area (Å²) in [6, 6.07) is 2.77. The lowest BCUT2D eigenvalue weighted by molar-refractivity contribution is -0.385. The maximum atomic E-state index is 11.4. The lowest BCUT2D eigenvalue weighted by atomic mass is 10.2. The lowest BCUT2D eigenvalue weighted by Crippen LogP contribution is -2.32. The Hall–Kier alpha value is -2.64. The smallest absolute Gasteiger partial charge is 0.407 e. The average molecular weight is 323 g/mol. The molecule has 0 saturated heterocycles.